The molecule has 0 aliphatic rings. The molecule has 0 aliphatic carbocycles. The van der Waals surface area contributed by atoms with Crippen LogP contribution in [0.2, 0.25) is 0 Å². The third-order valence-electron chi connectivity index (χ3n) is 2.76. The van der Waals surface area contributed by atoms with Crippen molar-refractivity contribution in [1.29, 1.82) is 0 Å². The largest absolute Gasteiger partial charge is 0.478 e. The van der Waals surface area contributed by atoms with Gasteiger partial charge in [0.15, 0.2) is 0 Å². The number of nitrogens with one attached hydrogen (secondary N) is 1. The zero-order valence-electron chi connectivity index (χ0n) is 10.6. The van der Waals surface area contributed by atoms with E-state index in [0.717, 1.165) is 23.5 Å². The van der Waals surface area contributed by atoms with Crippen molar-refractivity contribution in [3.8, 4) is 0 Å². The quantitative estimate of drug-likeness (QED) is 0.858. The molecule has 0 fully saturated rings. The van der Waals surface area contributed by atoms with Crippen LogP contribution < -0.4 is 5.32 Å². The molecule has 0 radical (unpaired) electrons. The van der Waals surface area contributed by atoms with Crippen molar-refractivity contribution in [3.05, 3.63) is 53.5 Å². The lowest BCUT2D eigenvalue weighted by atomic mass is 10.1. The van der Waals surface area contributed by atoms with E-state index < -0.39 is 5.97 Å². The first-order valence-corrected chi connectivity index (χ1v) is 6.00. The molecule has 2 rings (SSSR count). The van der Waals surface area contributed by atoms with Gasteiger partial charge in [0.1, 0.15) is 5.82 Å². The first kappa shape index (κ1) is 13.0. The van der Waals surface area contributed by atoms with E-state index in [2.05, 4.69) is 15.3 Å². The zero-order valence-corrected chi connectivity index (χ0v) is 10.6. The first-order valence-electron chi connectivity index (χ1n) is 6.00. The van der Waals surface area contributed by atoms with Gasteiger partial charge in [0, 0.05) is 18.9 Å². The minimum Gasteiger partial charge on any atom is -0.478 e. The molecule has 2 aromatic rings. The molecule has 5 heteroatoms. The predicted octanol–water partition coefficient (Wildman–Crippen LogP) is 2.14. The van der Waals surface area contributed by atoms with Gasteiger partial charge >= 0.3 is 5.97 Å². The van der Waals surface area contributed by atoms with Gasteiger partial charge < -0.3 is 10.4 Å². The molecule has 0 amide bonds. The van der Waals surface area contributed by atoms with E-state index in [0.29, 0.717) is 12.1 Å². The van der Waals surface area contributed by atoms with Gasteiger partial charge in [-0.05, 0) is 31.0 Å². The lowest BCUT2D eigenvalue weighted by Crippen LogP contribution is -2.08. The Morgan fingerprint density at radius 1 is 1.32 bits per heavy atom. The number of nitrogens with zero attached hydrogens (tertiary/aromatic N) is 2. The molecule has 0 atom stereocenters. The van der Waals surface area contributed by atoms with E-state index in [1.807, 2.05) is 13.0 Å². The molecule has 1 aromatic carbocycles. The van der Waals surface area contributed by atoms with Crippen molar-refractivity contribution in [2.45, 2.75) is 13.3 Å². The van der Waals surface area contributed by atoms with Crippen LogP contribution in [0.4, 0.5) is 5.82 Å². The van der Waals surface area contributed by atoms with Gasteiger partial charge in [-0.1, -0.05) is 12.1 Å². The van der Waals surface area contributed by atoms with Gasteiger partial charge in [0.25, 0.3) is 0 Å². The number of carbonyl (C=O) groups is 1. The average molecular weight is 257 g/mol. The fourth-order valence-electron chi connectivity index (χ4n) is 1.77. The van der Waals surface area contributed by atoms with Crippen LogP contribution in [0.5, 0.6) is 0 Å². The molecule has 1 heterocycles. The van der Waals surface area contributed by atoms with Crippen LogP contribution in [-0.2, 0) is 6.42 Å². The summed E-state index contributed by atoms with van der Waals surface area (Å²) >= 11 is 0. The van der Waals surface area contributed by atoms with Crippen LogP contribution in [0, 0.1) is 6.92 Å². The Balaban J connectivity index is 1.94. The molecule has 5 nitrogen and oxygen atoms in total. The monoisotopic (exact) mass is 257 g/mol. The second kappa shape index (κ2) is 5.95. The van der Waals surface area contributed by atoms with Crippen molar-refractivity contribution in [2.24, 2.45) is 0 Å². The predicted molar refractivity (Wildman–Crippen MR) is 72.4 cm³/mol. The Labute approximate surface area is 111 Å². The van der Waals surface area contributed by atoms with Crippen LogP contribution in [0.1, 0.15) is 21.6 Å². The molecular weight excluding hydrogens is 242 g/mol. The average Bonchev–Trinajstić information content (AvgIpc) is 2.41. The summed E-state index contributed by atoms with van der Waals surface area (Å²) in [5, 5.41) is 12.1. The summed E-state index contributed by atoms with van der Waals surface area (Å²) in [5.74, 6) is -0.142. The smallest absolute Gasteiger partial charge is 0.335 e. The fourth-order valence-corrected chi connectivity index (χ4v) is 1.77. The molecule has 0 aliphatic heterocycles. The molecule has 0 saturated carbocycles. The normalized spacial score (nSPS) is 10.2. The van der Waals surface area contributed by atoms with E-state index in [4.69, 9.17) is 5.11 Å². The van der Waals surface area contributed by atoms with Gasteiger partial charge in [-0.15, -0.1) is 0 Å². The number of benzene rings is 1. The number of hydrogen-bond donors (Lipinski definition) is 2. The van der Waals surface area contributed by atoms with Crippen LogP contribution in [-0.4, -0.2) is 27.6 Å². The Kier molecular flexibility index (Phi) is 4.07. The van der Waals surface area contributed by atoms with Crippen LogP contribution >= 0.6 is 0 Å². The second-order valence-electron chi connectivity index (χ2n) is 4.17. The highest BCUT2D eigenvalue weighted by molar-refractivity contribution is 5.87. The Hall–Kier alpha value is -2.43. The minimum absolute atomic E-state index is 0.313. The lowest BCUT2D eigenvalue weighted by molar-refractivity contribution is 0.0697. The molecule has 0 bridgehead atoms. The van der Waals surface area contributed by atoms with E-state index in [-0.39, 0.29) is 0 Å². The van der Waals surface area contributed by atoms with Crippen LogP contribution in [0.25, 0.3) is 0 Å². The molecule has 19 heavy (non-hydrogen) atoms. The van der Waals surface area contributed by atoms with Crippen molar-refractivity contribution in [1.82, 2.24) is 9.97 Å². The van der Waals surface area contributed by atoms with E-state index >= 15 is 0 Å². The third-order valence-corrected chi connectivity index (χ3v) is 2.76. The Bertz CT molecular complexity index is 584. The summed E-state index contributed by atoms with van der Waals surface area (Å²) in [5.41, 5.74) is 2.14. The van der Waals surface area contributed by atoms with Gasteiger partial charge in [-0.2, -0.15) is 0 Å². The minimum atomic E-state index is -0.903. The molecule has 0 saturated heterocycles. The summed E-state index contributed by atoms with van der Waals surface area (Å²) in [6.45, 7) is 2.57. The topological polar surface area (TPSA) is 75.1 Å². The van der Waals surface area contributed by atoms with Gasteiger partial charge in [0.2, 0.25) is 0 Å². The highest BCUT2D eigenvalue weighted by Crippen LogP contribution is 2.08. The van der Waals surface area contributed by atoms with Crippen molar-refractivity contribution in [2.75, 3.05) is 11.9 Å². The van der Waals surface area contributed by atoms with Crippen molar-refractivity contribution < 1.29 is 9.90 Å². The maximum Gasteiger partial charge on any atom is 0.335 e. The summed E-state index contributed by atoms with van der Waals surface area (Å²) < 4.78 is 0. The Morgan fingerprint density at radius 3 is 2.84 bits per heavy atom. The van der Waals surface area contributed by atoms with E-state index in [9.17, 15) is 4.79 Å². The highest BCUT2D eigenvalue weighted by atomic mass is 16.4. The third kappa shape index (κ3) is 3.51. The summed E-state index contributed by atoms with van der Waals surface area (Å²) in [6, 6.07) is 6.95. The number of carboxylic acids is 1. The highest BCUT2D eigenvalue weighted by Gasteiger charge is 2.03. The number of rotatable bonds is 5. The van der Waals surface area contributed by atoms with Crippen LogP contribution in [0.3, 0.4) is 0 Å². The molecule has 1 aromatic heterocycles. The van der Waals surface area contributed by atoms with Gasteiger partial charge in [-0.25, -0.2) is 9.78 Å². The molecule has 2 N–H and O–H groups in total. The lowest BCUT2D eigenvalue weighted by Gasteiger charge is -2.07. The fraction of sp³-hybridized carbons (Fsp3) is 0.214. The number of hydrogen-bond acceptors (Lipinski definition) is 4. The summed E-state index contributed by atoms with van der Waals surface area (Å²) in [7, 11) is 0. The molecular formula is C14H15N3O2. The summed E-state index contributed by atoms with van der Waals surface area (Å²) in [4.78, 5) is 19.2. The first-order chi connectivity index (χ1) is 9.16. The van der Waals surface area contributed by atoms with E-state index in [1.165, 1.54) is 0 Å². The summed E-state index contributed by atoms with van der Waals surface area (Å²) in [6.07, 6.45) is 4.02. The van der Waals surface area contributed by atoms with Gasteiger partial charge in [0.05, 0.1) is 11.3 Å². The molecule has 0 spiro atoms. The standard InChI is InChI=1S/C14H15N3O2/c1-10-13(17-8-7-15-10)16-6-5-11-3-2-4-12(9-11)14(18)19/h2-4,7-9H,5-6H2,1H3,(H,16,17)(H,18,19). The molecule has 98 valence electrons. The van der Waals surface area contributed by atoms with Crippen molar-refractivity contribution in [3.63, 3.8) is 0 Å². The maximum absolute atomic E-state index is 10.9. The van der Waals surface area contributed by atoms with Crippen molar-refractivity contribution >= 4 is 11.8 Å². The zero-order chi connectivity index (χ0) is 13.7. The number of aromatic carboxylic acids is 1. The number of carboxylic acid groups (broad SMARTS) is 1. The van der Waals surface area contributed by atoms with Crippen LogP contribution in [0.15, 0.2) is 36.7 Å². The number of aryl methyl sites for hydroxylation is 1. The van der Waals surface area contributed by atoms with E-state index in [1.54, 1.807) is 30.6 Å². The molecule has 0 unspecified atom stereocenters. The Morgan fingerprint density at radius 2 is 2.11 bits per heavy atom. The maximum atomic E-state index is 10.9. The van der Waals surface area contributed by atoms with Gasteiger partial charge in [-0.3, -0.25) is 4.98 Å². The second-order valence-corrected chi connectivity index (χ2v) is 4.17. The SMILES string of the molecule is Cc1nccnc1NCCc1cccc(C(=O)O)c1. The number of aromatic nitrogens is 2. The number of anilines is 1.